The number of imide groups is 1. The molecule has 0 fully saturated rings. The number of thioether (sulfide) groups is 1. The van der Waals surface area contributed by atoms with Crippen molar-refractivity contribution in [3.63, 3.8) is 0 Å². The fraction of sp³-hybridized carbons (Fsp3) is 0.300. The van der Waals surface area contributed by atoms with Crippen molar-refractivity contribution in [1.82, 2.24) is 4.90 Å². The first-order valence-electron chi connectivity index (χ1n) is 8.36. The van der Waals surface area contributed by atoms with Crippen molar-refractivity contribution in [2.75, 3.05) is 19.4 Å². The van der Waals surface area contributed by atoms with Gasteiger partial charge in [0.25, 0.3) is 11.8 Å². The quantitative estimate of drug-likeness (QED) is 0.530. The third kappa shape index (κ3) is 4.04. The van der Waals surface area contributed by atoms with E-state index >= 15 is 0 Å². The summed E-state index contributed by atoms with van der Waals surface area (Å²) in [6.07, 6.45) is 1.81. The minimum absolute atomic E-state index is 0.161. The highest BCUT2D eigenvalue weighted by atomic mass is 32.2. The molecule has 1 heterocycles. The Morgan fingerprint density at radius 3 is 2.16 bits per heavy atom. The molecule has 2 aromatic carbocycles. The number of rotatable bonds is 8. The van der Waals surface area contributed by atoms with Crippen LogP contribution in [0.15, 0.2) is 48.5 Å². The van der Waals surface area contributed by atoms with Crippen LogP contribution in [0.5, 0.6) is 5.75 Å². The number of carbonyl (C=O) groups excluding carboxylic acids is 2. The van der Waals surface area contributed by atoms with Gasteiger partial charge in [-0.05, 0) is 48.4 Å². The molecule has 0 aromatic heterocycles. The van der Waals surface area contributed by atoms with Crippen LogP contribution < -0.4 is 4.74 Å². The fourth-order valence-electron chi connectivity index (χ4n) is 2.83. The average molecular weight is 355 g/mol. The zero-order valence-corrected chi connectivity index (χ0v) is 15.1. The van der Waals surface area contributed by atoms with Crippen molar-refractivity contribution in [2.45, 2.75) is 18.6 Å². The Morgan fingerprint density at radius 1 is 0.920 bits per heavy atom. The van der Waals surface area contributed by atoms with Crippen LogP contribution >= 0.6 is 11.8 Å². The van der Waals surface area contributed by atoms with Gasteiger partial charge >= 0.3 is 0 Å². The summed E-state index contributed by atoms with van der Waals surface area (Å²) >= 11 is 1.86. The third-order valence-electron chi connectivity index (χ3n) is 4.23. The van der Waals surface area contributed by atoms with Gasteiger partial charge in [-0.1, -0.05) is 24.3 Å². The van der Waals surface area contributed by atoms with Crippen molar-refractivity contribution in [3.8, 4) is 5.75 Å². The van der Waals surface area contributed by atoms with Gasteiger partial charge < -0.3 is 4.74 Å². The van der Waals surface area contributed by atoms with Crippen LogP contribution in [0.4, 0.5) is 0 Å². The molecule has 1 aliphatic rings. The SMILES string of the molecule is COc1ccc(CSCCCCN2C(=O)c3ccccc3C2=O)cc1. The van der Waals surface area contributed by atoms with E-state index in [1.807, 2.05) is 23.9 Å². The highest BCUT2D eigenvalue weighted by Gasteiger charge is 2.34. The zero-order chi connectivity index (χ0) is 17.6. The largest absolute Gasteiger partial charge is 0.497 e. The second-order valence-electron chi connectivity index (χ2n) is 5.92. The van der Waals surface area contributed by atoms with Crippen molar-refractivity contribution >= 4 is 23.6 Å². The van der Waals surface area contributed by atoms with Gasteiger partial charge in [0.15, 0.2) is 0 Å². The van der Waals surface area contributed by atoms with E-state index < -0.39 is 0 Å². The summed E-state index contributed by atoms with van der Waals surface area (Å²) < 4.78 is 5.15. The Labute approximate surface area is 152 Å². The van der Waals surface area contributed by atoms with E-state index in [4.69, 9.17) is 4.74 Å². The monoisotopic (exact) mass is 355 g/mol. The second-order valence-corrected chi connectivity index (χ2v) is 7.02. The minimum Gasteiger partial charge on any atom is -0.497 e. The van der Waals surface area contributed by atoms with Crippen LogP contribution in [0.25, 0.3) is 0 Å². The molecule has 0 bridgehead atoms. The maximum absolute atomic E-state index is 12.3. The number of fused-ring (bicyclic) bond motifs is 1. The molecular weight excluding hydrogens is 334 g/mol. The summed E-state index contributed by atoms with van der Waals surface area (Å²) in [5.41, 5.74) is 2.33. The number of unbranched alkanes of at least 4 members (excludes halogenated alkanes) is 1. The van der Waals surface area contributed by atoms with E-state index in [1.165, 1.54) is 10.5 Å². The number of hydrogen-bond acceptors (Lipinski definition) is 4. The molecule has 2 aromatic rings. The standard InChI is InChI=1S/C20H21NO3S/c1-24-16-10-8-15(9-11-16)14-25-13-5-4-12-21-19(22)17-6-2-3-7-18(17)20(21)23/h2-3,6-11H,4-5,12-14H2,1H3. The van der Waals surface area contributed by atoms with Crippen LogP contribution in [0.3, 0.4) is 0 Å². The fourth-order valence-corrected chi connectivity index (χ4v) is 3.81. The van der Waals surface area contributed by atoms with Gasteiger partial charge in [0, 0.05) is 12.3 Å². The number of ether oxygens (including phenoxy) is 1. The zero-order valence-electron chi connectivity index (χ0n) is 14.2. The molecule has 1 aliphatic heterocycles. The molecule has 5 heteroatoms. The van der Waals surface area contributed by atoms with Crippen LogP contribution in [0.1, 0.15) is 39.1 Å². The van der Waals surface area contributed by atoms with Gasteiger partial charge in [-0.25, -0.2) is 0 Å². The molecule has 4 nitrogen and oxygen atoms in total. The molecule has 130 valence electrons. The van der Waals surface area contributed by atoms with Crippen LogP contribution in [-0.4, -0.2) is 36.1 Å². The van der Waals surface area contributed by atoms with Crippen LogP contribution in [0.2, 0.25) is 0 Å². The maximum Gasteiger partial charge on any atom is 0.261 e. The van der Waals surface area contributed by atoms with Gasteiger partial charge in [0.05, 0.1) is 18.2 Å². The summed E-state index contributed by atoms with van der Waals surface area (Å²) in [6, 6.07) is 15.1. The summed E-state index contributed by atoms with van der Waals surface area (Å²) in [6.45, 7) is 0.495. The predicted molar refractivity (Wildman–Crippen MR) is 100 cm³/mol. The van der Waals surface area contributed by atoms with Gasteiger partial charge in [0.2, 0.25) is 0 Å². The minimum atomic E-state index is -0.161. The van der Waals surface area contributed by atoms with Crippen molar-refractivity contribution in [1.29, 1.82) is 0 Å². The lowest BCUT2D eigenvalue weighted by Gasteiger charge is -2.13. The van der Waals surface area contributed by atoms with E-state index in [0.29, 0.717) is 17.7 Å². The second kappa shape index (κ2) is 8.21. The summed E-state index contributed by atoms with van der Waals surface area (Å²) in [7, 11) is 1.66. The van der Waals surface area contributed by atoms with E-state index in [0.717, 1.165) is 30.1 Å². The molecule has 0 unspecified atom stereocenters. The van der Waals surface area contributed by atoms with E-state index in [2.05, 4.69) is 12.1 Å². The van der Waals surface area contributed by atoms with Gasteiger partial charge in [0.1, 0.15) is 5.75 Å². The van der Waals surface area contributed by atoms with Gasteiger partial charge in [-0.2, -0.15) is 11.8 Å². The van der Waals surface area contributed by atoms with Crippen molar-refractivity contribution in [2.24, 2.45) is 0 Å². The highest BCUT2D eigenvalue weighted by Crippen LogP contribution is 2.23. The summed E-state index contributed by atoms with van der Waals surface area (Å²) in [5.74, 6) is 2.51. The number of nitrogens with zero attached hydrogens (tertiary/aromatic N) is 1. The van der Waals surface area contributed by atoms with Crippen molar-refractivity contribution < 1.29 is 14.3 Å². The van der Waals surface area contributed by atoms with Crippen molar-refractivity contribution in [3.05, 3.63) is 65.2 Å². The third-order valence-corrected chi connectivity index (χ3v) is 5.34. The van der Waals surface area contributed by atoms with Gasteiger partial charge in [-0.15, -0.1) is 0 Å². The van der Waals surface area contributed by atoms with Gasteiger partial charge in [-0.3, -0.25) is 14.5 Å². The Kier molecular flexibility index (Phi) is 5.76. The smallest absolute Gasteiger partial charge is 0.261 e. The molecular formula is C20H21NO3S. The van der Waals surface area contributed by atoms with E-state index in [1.54, 1.807) is 31.4 Å². The number of amides is 2. The molecule has 0 radical (unpaired) electrons. The lowest BCUT2D eigenvalue weighted by atomic mass is 10.1. The normalized spacial score (nSPS) is 13.2. The molecule has 0 aliphatic carbocycles. The van der Waals surface area contributed by atoms with Crippen LogP contribution in [-0.2, 0) is 5.75 Å². The lowest BCUT2D eigenvalue weighted by molar-refractivity contribution is 0.0652. The lowest BCUT2D eigenvalue weighted by Crippen LogP contribution is -2.30. The molecule has 0 spiro atoms. The number of methoxy groups -OCH3 is 1. The molecule has 0 atom stereocenters. The number of benzene rings is 2. The summed E-state index contributed by atoms with van der Waals surface area (Å²) in [5, 5.41) is 0. The first-order chi connectivity index (χ1) is 12.2. The molecule has 25 heavy (non-hydrogen) atoms. The predicted octanol–water partition coefficient (Wildman–Crippen LogP) is 4.00. The topological polar surface area (TPSA) is 46.6 Å². The number of carbonyl (C=O) groups is 2. The Morgan fingerprint density at radius 2 is 1.56 bits per heavy atom. The molecule has 3 rings (SSSR count). The molecule has 0 N–H and O–H groups in total. The Hall–Kier alpha value is -2.27. The highest BCUT2D eigenvalue weighted by molar-refractivity contribution is 7.98. The maximum atomic E-state index is 12.3. The first-order valence-corrected chi connectivity index (χ1v) is 9.52. The molecule has 2 amide bonds. The Bertz CT molecular complexity index is 723. The first kappa shape index (κ1) is 17.5. The van der Waals surface area contributed by atoms with E-state index in [9.17, 15) is 9.59 Å². The summed E-state index contributed by atoms with van der Waals surface area (Å²) in [4.78, 5) is 25.9. The van der Waals surface area contributed by atoms with Crippen LogP contribution in [0, 0.1) is 0 Å². The Balaban J connectivity index is 1.38. The number of hydrogen-bond donors (Lipinski definition) is 0. The average Bonchev–Trinajstić information content (AvgIpc) is 2.90. The molecule has 0 saturated heterocycles. The van der Waals surface area contributed by atoms with E-state index in [-0.39, 0.29) is 11.8 Å². The molecule has 0 saturated carbocycles.